The largest absolute Gasteiger partial charge is 0.480 e. The zero-order valence-electron chi connectivity index (χ0n) is 12.0. The molecule has 118 valence electrons. The summed E-state index contributed by atoms with van der Waals surface area (Å²) in [6, 6.07) is 4.60. The van der Waals surface area contributed by atoms with Gasteiger partial charge in [-0.25, -0.2) is 0 Å². The highest BCUT2D eigenvalue weighted by Gasteiger charge is 2.16. The van der Waals surface area contributed by atoms with Crippen molar-refractivity contribution in [1.29, 1.82) is 0 Å². The lowest BCUT2D eigenvalue weighted by molar-refractivity contribution is -0.139. The van der Waals surface area contributed by atoms with Crippen molar-refractivity contribution in [3.8, 4) is 0 Å². The number of aliphatic carboxylic acids is 1. The van der Waals surface area contributed by atoms with Crippen molar-refractivity contribution in [3.05, 3.63) is 28.8 Å². The molecule has 0 aliphatic rings. The molecule has 0 aliphatic carbocycles. The monoisotopic (exact) mass is 334 g/mol. The van der Waals surface area contributed by atoms with Crippen LogP contribution in [0, 0.1) is 6.92 Å². The van der Waals surface area contributed by atoms with Gasteiger partial charge in [0.1, 0.15) is 6.04 Å². The molecule has 0 fully saturated rings. The van der Waals surface area contributed by atoms with Crippen molar-refractivity contribution in [3.63, 3.8) is 0 Å². The SMILES string of the molecule is CCCC(NCC(=O)Nc1ccc(C)cc1Cl)C(=O)O.Cl. The first-order valence-corrected chi connectivity index (χ1v) is 6.84. The summed E-state index contributed by atoms with van der Waals surface area (Å²) in [6.07, 6.45) is 1.21. The molecule has 0 spiro atoms. The number of halogens is 2. The van der Waals surface area contributed by atoms with Gasteiger partial charge in [0, 0.05) is 0 Å². The molecule has 0 saturated carbocycles. The molecule has 0 bridgehead atoms. The lowest BCUT2D eigenvalue weighted by Crippen LogP contribution is -2.41. The van der Waals surface area contributed by atoms with Gasteiger partial charge in [-0.05, 0) is 31.0 Å². The van der Waals surface area contributed by atoms with E-state index in [2.05, 4.69) is 10.6 Å². The molecule has 21 heavy (non-hydrogen) atoms. The quantitative estimate of drug-likeness (QED) is 0.716. The number of carbonyl (C=O) groups excluding carboxylic acids is 1. The van der Waals surface area contributed by atoms with E-state index in [-0.39, 0.29) is 24.9 Å². The van der Waals surface area contributed by atoms with E-state index in [4.69, 9.17) is 16.7 Å². The summed E-state index contributed by atoms with van der Waals surface area (Å²) in [5, 5.41) is 14.8. The summed E-state index contributed by atoms with van der Waals surface area (Å²) in [4.78, 5) is 22.7. The molecule has 1 unspecified atom stereocenters. The Balaban J connectivity index is 0.00000400. The smallest absolute Gasteiger partial charge is 0.320 e. The molecular formula is C14H20Cl2N2O3. The predicted octanol–water partition coefficient (Wildman–Crippen LogP) is 2.85. The van der Waals surface area contributed by atoms with Crippen LogP contribution in [0.15, 0.2) is 18.2 Å². The van der Waals surface area contributed by atoms with Crippen LogP contribution in [0.4, 0.5) is 5.69 Å². The highest BCUT2D eigenvalue weighted by atomic mass is 35.5. The van der Waals surface area contributed by atoms with Crippen molar-refractivity contribution < 1.29 is 14.7 Å². The van der Waals surface area contributed by atoms with Gasteiger partial charge in [0.2, 0.25) is 5.91 Å². The van der Waals surface area contributed by atoms with E-state index in [9.17, 15) is 9.59 Å². The molecule has 0 radical (unpaired) electrons. The first kappa shape index (κ1) is 19.7. The van der Waals surface area contributed by atoms with E-state index in [1.54, 1.807) is 12.1 Å². The number of nitrogens with one attached hydrogen (secondary N) is 2. The summed E-state index contributed by atoms with van der Waals surface area (Å²) in [5.74, 6) is -1.27. The normalized spacial score (nSPS) is 11.4. The molecule has 0 heterocycles. The molecule has 7 heteroatoms. The first-order valence-electron chi connectivity index (χ1n) is 6.46. The van der Waals surface area contributed by atoms with Crippen LogP contribution >= 0.6 is 24.0 Å². The Morgan fingerprint density at radius 2 is 2.05 bits per heavy atom. The maximum atomic E-state index is 11.8. The molecule has 0 aromatic heterocycles. The minimum absolute atomic E-state index is 0. The summed E-state index contributed by atoms with van der Waals surface area (Å²) < 4.78 is 0. The number of aryl methyl sites for hydroxylation is 1. The molecule has 3 N–H and O–H groups in total. The number of rotatable bonds is 7. The van der Waals surface area contributed by atoms with Gasteiger partial charge < -0.3 is 10.4 Å². The molecule has 5 nitrogen and oxygen atoms in total. The topological polar surface area (TPSA) is 78.4 Å². The van der Waals surface area contributed by atoms with Crippen molar-refractivity contribution in [2.75, 3.05) is 11.9 Å². The minimum Gasteiger partial charge on any atom is -0.480 e. The van der Waals surface area contributed by atoms with Gasteiger partial charge in [0.25, 0.3) is 0 Å². The average molecular weight is 335 g/mol. The molecule has 0 saturated heterocycles. The van der Waals surface area contributed by atoms with Crippen LogP contribution in [0.5, 0.6) is 0 Å². The number of benzene rings is 1. The number of carbonyl (C=O) groups is 2. The first-order chi connectivity index (χ1) is 9.43. The fourth-order valence-corrected chi connectivity index (χ4v) is 2.02. The van der Waals surface area contributed by atoms with Gasteiger partial charge in [-0.3, -0.25) is 14.9 Å². The summed E-state index contributed by atoms with van der Waals surface area (Å²) in [5.41, 5.74) is 1.52. The maximum Gasteiger partial charge on any atom is 0.320 e. The van der Waals surface area contributed by atoms with E-state index in [0.29, 0.717) is 17.1 Å². The van der Waals surface area contributed by atoms with E-state index < -0.39 is 12.0 Å². The zero-order chi connectivity index (χ0) is 15.1. The van der Waals surface area contributed by atoms with Crippen LogP contribution in [0.25, 0.3) is 0 Å². The van der Waals surface area contributed by atoms with Gasteiger partial charge in [0.05, 0.1) is 17.3 Å². The summed E-state index contributed by atoms with van der Waals surface area (Å²) in [7, 11) is 0. The lowest BCUT2D eigenvalue weighted by atomic mass is 10.1. The van der Waals surface area contributed by atoms with Gasteiger partial charge in [-0.15, -0.1) is 12.4 Å². The van der Waals surface area contributed by atoms with Crippen molar-refractivity contribution >= 4 is 41.6 Å². The third kappa shape index (κ3) is 6.80. The second kappa shape index (κ2) is 9.60. The molecular weight excluding hydrogens is 315 g/mol. The minimum atomic E-state index is -0.951. The highest BCUT2D eigenvalue weighted by Crippen LogP contribution is 2.22. The Morgan fingerprint density at radius 3 is 2.57 bits per heavy atom. The molecule has 1 atom stereocenters. The van der Waals surface area contributed by atoms with Crippen LogP contribution in [0.3, 0.4) is 0 Å². The Labute approximate surface area is 135 Å². The van der Waals surface area contributed by atoms with Crippen LogP contribution in [-0.2, 0) is 9.59 Å². The van der Waals surface area contributed by atoms with Crippen molar-refractivity contribution in [2.45, 2.75) is 32.7 Å². The number of hydrogen-bond donors (Lipinski definition) is 3. The van der Waals surface area contributed by atoms with E-state index in [1.807, 2.05) is 19.9 Å². The van der Waals surface area contributed by atoms with E-state index in [1.165, 1.54) is 0 Å². The van der Waals surface area contributed by atoms with Crippen molar-refractivity contribution in [2.24, 2.45) is 0 Å². The molecule has 1 aromatic rings. The average Bonchev–Trinajstić information content (AvgIpc) is 2.37. The molecule has 1 amide bonds. The highest BCUT2D eigenvalue weighted by molar-refractivity contribution is 6.33. The number of hydrogen-bond acceptors (Lipinski definition) is 3. The van der Waals surface area contributed by atoms with Crippen LogP contribution < -0.4 is 10.6 Å². The second-order valence-electron chi connectivity index (χ2n) is 4.59. The Bertz CT molecular complexity index is 495. The molecule has 1 aromatic carbocycles. The van der Waals surface area contributed by atoms with Crippen molar-refractivity contribution in [1.82, 2.24) is 5.32 Å². The van der Waals surface area contributed by atoms with E-state index >= 15 is 0 Å². The van der Waals surface area contributed by atoms with E-state index in [0.717, 1.165) is 12.0 Å². The molecule has 0 aliphatic heterocycles. The Kier molecular flexibility index (Phi) is 9.01. The van der Waals surface area contributed by atoms with Crippen LogP contribution in [0.1, 0.15) is 25.3 Å². The standard InChI is InChI=1S/C14H19ClN2O3.ClH/c1-3-4-12(14(19)20)16-8-13(18)17-11-6-5-9(2)7-10(11)15;/h5-7,12,16H,3-4,8H2,1-2H3,(H,17,18)(H,19,20);1H. The number of anilines is 1. The third-order valence-electron chi connectivity index (χ3n) is 2.78. The second-order valence-corrected chi connectivity index (χ2v) is 5.00. The fourth-order valence-electron chi connectivity index (χ4n) is 1.73. The zero-order valence-corrected chi connectivity index (χ0v) is 13.6. The number of amides is 1. The van der Waals surface area contributed by atoms with Gasteiger partial charge in [-0.2, -0.15) is 0 Å². The van der Waals surface area contributed by atoms with Crippen LogP contribution in [-0.4, -0.2) is 29.6 Å². The number of carboxylic acid groups (broad SMARTS) is 1. The summed E-state index contributed by atoms with van der Waals surface area (Å²) in [6.45, 7) is 3.73. The maximum absolute atomic E-state index is 11.8. The van der Waals surface area contributed by atoms with Gasteiger partial charge >= 0.3 is 5.97 Å². The number of carboxylic acids is 1. The van der Waals surface area contributed by atoms with Crippen LogP contribution in [0.2, 0.25) is 5.02 Å². The molecule has 1 rings (SSSR count). The fraction of sp³-hybridized carbons (Fsp3) is 0.429. The van der Waals surface area contributed by atoms with Gasteiger partial charge in [0.15, 0.2) is 0 Å². The van der Waals surface area contributed by atoms with Gasteiger partial charge in [-0.1, -0.05) is 31.0 Å². The summed E-state index contributed by atoms with van der Waals surface area (Å²) >= 11 is 6.01. The lowest BCUT2D eigenvalue weighted by Gasteiger charge is -2.13. The third-order valence-corrected chi connectivity index (χ3v) is 3.10. The predicted molar refractivity (Wildman–Crippen MR) is 86.4 cm³/mol. The Morgan fingerprint density at radius 1 is 1.38 bits per heavy atom. The Hall–Kier alpha value is -1.30.